The molecule has 0 spiro atoms. The second kappa shape index (κ2) is 19.5. The van der Waals surface area contributed by atoms with E-state index in [-0.39, 0.29) is 0 Å². The van der Waals surface area contributed by atoms with E-state index >= 15 is 0 Å². The van der Waals surface area contributed by atoms with E-state index in [1.807, 2.05) is 52.8 Å². The van der Waals surface area contributed by atoms with Crippen molar-refractivity contribution in [2.45, 2.75) is 91.9 Å². The quantitative estimate of drug-likeness (QED) is 0.202. The molecule has 0 bridgehead atoms. The molecule has 0 saturated carbocycles. The van der Waals surface area contributed by atoms with E-state index < -0.39 is 10.0 Å². The maximum Gasteiger partial charge on any atom is 0.243 e. The standard InChI is InChI=1S/C26H40N2O2S.2C2H6/c1-5-8-9-21-28(7-3)31(29,30)26-16-14-25(15-17-26)23(4)12-13-24(6-2)18-22-27-19-10-11-20-27;2*1-2/h6,12-17H,4-5,7-11,18-22H2,1-3H3;2*1-2H3/b13-12-,24-6+;;. The Morgan fingerprint density at radius 3 is 2.11 bits per heavy atom. The van der Waals surface area contributed by atoms with E-state index in [2.05, 4.69) is 37.5 Å². The average molecular weight is 505 g/mol. The Morgan fingerprint density at radius 1 is 1.00 bits per heavy atom. The normalized spacial score (nSPS) is 14.5. The van der Waals surface area contributed by atoms with Gasteiger partial charge in [-0.1, -0.05) is 96.9 Å². The van der Waals surface area contributed by atoms with Gasteiger partial charge in [0.25, 0.3) is 0 Å². The van der Waals surface area contributed by atoms with Crippen LogP contribution in [0.4, 0.5) is 0 Å². The highest BCUT2D eigenvalue weighted by molar-refractivity contribution is 7.89. The van der Waals surface area contributed by atoms with Crippen molar-refractivity contribution in [1.29, 1.82) is 0 Å². The predicted octanol–water partition coefficient (Wildman–Crippen LogP) is 7.94. The first kappa shape index (κ1) is 33.3. The van der Waals surface area contributed by atoms with Crippen molar-refractivity contribution in [3.63, 3.8) is 0 Å². The Morgan fingerprint density at radius 2 is 1.60 bits per heavy atom. The van der Waals surface area contributed by atoms with Gasteiger partial charge < -0.3 is 4.90 Å². The zero-order valence-corrected chi connectivity index (χ0v) is 24.5. The van der Waals surface area contributed by atoms with Crippen LogP contribution in [0.2, 0.25) is 0 Å². The fourth-order valence-corrected chi connectivity index (χ4v) is 5.39. The molecule has 1 saturated heterocycles. The summed E-state index contributed by atoms with van der Waals surface area (Å²) in [7, 11) is -3.45. The smallest absolute Gasteiger partial charge is 0.243 e. The molecule has 200 valence electrons. The lowest BCUT2D eigenvalue weighted by molar-refractivity contribution is 0.344. The monoisotopic (exact) mass is 504 g/mol. The summed E-state index contributed by atoms with van der Waals surface area (Å²) < 4.78 is 27.5. The summed E-state index contributed by atoms with van der Waals surface area (Å²) in [5, 5.41) is 0. The summed E-state index contributed by atoms with van der Waals surface area (Å²) in [5.74, 6) is 0. The van der Waals surface area contributed by atoms with Crippen LogP contribution in [-0.4, -0.2) is 50.3 Å². The van der Waals surface area contributed by atoms with Crippen molar-refractivity contribution >= 4 is 15.6 Å². The van der Waals surface area contributed by atoms with Gasteiger partial charge in [-0.25, -0.2) is 8.42 Å². The van der Waals surface area contributed by atoms with Gasteiger partial charge in [0, 0.05) is 19.6 Å². The topological polar surface area (TPSA) is 40.6 Å². The van der Waals surface area contributed by atoms with Crippen LogP contribution in [0.25, 0.3) is 5.57 Å². The van der Waals surface area contributed by atoms with E-state index in [1.54, 1.807) is 16.4 Å². The summed E-state index contributed by atoms with van der Waals surface area (Å²) in [5.41, 5.74) is 3.14. The molecule has 1 aromatic carbocycles. The van der Waals surface area contributed by atoms with Crippen LogP contribution in [0.5, 0.6) is 0 Å². The molecule has 1 fully saturated rings. The summed E-state index contributed by atoms with van der Waals surface area (Å²) in [4.78, 5) is 2.87. The maximum absolute atomic E-state index is 13.0. The van der Waals surface area contributed by atoms with Crippen LogP contribution >= 0.6 is 0 Å². The lowest BCUT2D eigenvalue weighted by Crippen LogP contribution is -2.31. The number of nitrogens with zero attached hydrogens (tertiary/aromatic N) is 2. The molecule has 1 aliphatic rings. The van der Waals surface area contributed by atoms with Crippen molar-refractivity contribution in [2.24, 2.45) is 0 Å². The first-order valence-corrected chi connectivity index (χ1v) is 15.2. The molecule has 2 rings (SSSR count). The van der Waals surface area contributed by atoms with Gasteiger partial charge in [0.15, 0.2) is 0 Å². The van der Waals surface area contributed by atoms with Gasteiger partial charge in [0.1, 0.15) is 0 Å². The zero-order valence-electron chi connectivity index (χ0n) is 23.6. The van der Waals surface area contributed by atoms with Gasteiger partial charge in [-0.3, -0.25) is 0 Å². The minimum atomic E-state index is -3.45. The lowest BCUT2D eigenvalue weighted by atomic mass is 10.0. The van der Waals surface area contributed by atoms with E-state index in [0.717, 1.165) is 43.4 Å². The SMILES string of the molecule is C=C(/C=C\C(=C/C)CCN1CCCC1)c1ccc(S(=O)(=O)N(CC)CCCCC)cc1.CC.CC. The molecule has 0 aromatic heterocycles. The summed E-state index contributed by atoms with van der Waals surface area (Å²) in [6.07, 6.45) is 13.0. The number of sulfonamides is 1. The number of benzene rings is 1. The number of hydrogen-bond acceptors (Lipinski definition) is 3. The van der Waals surface area contributed by atoms with Gasteiger partial charge in [0.2, 0.25) is 10.0 Å². The van der Waals surface area contributed by atoms with Crippen LogP contribution < -0.4 is 0 Å². The third-order valence-corrected chi connectivity index (χ3v) is 8.00. The second-order valence-corrected chi connectivity index (χ2v) is 10.2. The van der Waals surface area contributed by atoms with Gasteiger partial charge in [-0.15, -0.1) is 0 Å². The van der Waals surface area contributed by atoms with Crippen molar-refractivity contribution in [3.05, 3.63) is 60.2 Å². The molecule has 0 amide bonds. The van der Waals surface area contributed by atoms with Gasteiger partial charge in [-0.2, -0.15) is 4.31 Å². The molecule has 0 atom stereocenters. The molecular weight excluding hydrogens is 452 g/mol. The van der Waals surface area contributed by atoms with Crippen LogP contribution in [0.1, 0.15) is 92.6 Å². The average Bonchev–Trinajstić information content (AvgIpc) is 3.42. The third kappa shape index (κ3) is 11.7. The van der Waals surface area contributed by atoms with E-state index in [9.17, 15) is 8.42 Å². The highest BCUT2D eigenvalue weighted by Gasteiger charge is 2.22. The number of unbranched alkanes of at least 4 members (excludes halogenated alkanes) is 2. The van der Waals surface area contributed by atoms with Crippen molar-refractivity contribution < 1.29 is 8.42 Å². The van der Waals surface area contributed by atoms with E-state index in [4.69, 9.17) is 0 Å². The van der Waals surface area contributed by atoms with Gasteiger partial charge in [-0.05, 0) is 69.0 Å². The third-order valence-electron chi connectivity index (χ3n) is 6.01. The number of rotatable bonds is 13. The van der Waals surface area contributed by atoms with Crippen LogP contribution in [0, 0.1) is 0 Å². The van der Waals surface area contributed by atoms with E-state index in [0.29, 0.717) is 18.0 Å². The highest BCUT2D eigenvalue weighted by atomic mass is 32.2. The van der Waals surface area contributed by atoms with Crippen LogP contribution in [0.3, 0.4) is 0 Å². The Kier molecular flexibility index (Phi) is 18.6. The molecular formula is C30H52N2O2S. The van der Waals surface area contributed by atoms with Gasteiger partial charge >= 0.3 is 0 Å². The highest BCUT2D eigenvalue weighted by Crippen LogP contribution is 2.21. The fourth-order valence-electron chi connectivity index (χ4n) is 3.90. The first-order valence-electron chi connectivity index (χ1n) is 13.8. The Hall–Kier alpha value is -1.69. The molecule has 1 aliphatic heterocycles. The maximum atomic E-state index is 13.0. The van der Waals surface area contributed by atoms with Crippen molar-refractivity contribution in [1.82, 2.24) is 9.21 Å². The van der Waals surface area contributed by atoms with Gasteiger partial charge in [0.05, 0.1) is 4.90 Å². The molecule has 0 N–H and O–H groups in total. The summed E-state index contributed by atoms with van der Waals surface area (Å²) in [6.45, 7) is 22.9. The Balaban J connectivity index is 0.00000274. The summed E-state index contributed by atoms with van der Waals surface area (Å²) in [6, 6.07) is 7.13. The Labute approximate surface area is 217 Å². The summed E-state index contributed by atoms with van der Waals surface area (Å²) >= 11 is 0. The minimum absolute atomic E-state index is 0.353. The number of hydrogen-bond donors (Lipinski definition) is 0. The largest absolute Gasteiger partial charge is 0.303 e. The molecule has 35 heavy (non-hydrogen) atoms. The lowest BCUT2D eigenvalue weighted by Gasteiger charge is -2.20. The van der Waals surface area contributed by atoms with Crippen LogP contribution in [-0.2, 0) is 10.0 Å². The van der Waals surface area contributed by atoms with Crippen molar-refractivity contribution in [3.8, 4) is 0 Å². The number of allylic oxidation sites excluding steroid dienone is 4. The van der Waals surface area contributed by atoms with E-state index in [1.165, 1.54) is 31.5 Å². The second-order valence-electron chi connectivity index (χ2n) is 8.25. The fraction of sp³-hybridized carbons (Fsp3) is 0.600. The molecule has 0 aliphatic carbocycles. The zero-order chi connectivity index (χ0) is 26.7. The van der Waals surface area contributed by atoms with Crippen LogP contribution in [0.15, 0.2) is 59.5 Å². The molecule has 1 heterocycles. The Bertz CT molecular complexity index is 849. The molecule has 1 aromatic rings. The van der Waals surface area contributed by atoms with Crippen molar-refractivity contribution in [2.75, 3.05) is 32.7 Å². The predicted molar refractivity (Wildman–Crippen MR) is 155 cm³/mol. The molecule has 4 nitrogen and oxygen atoms in total. The molecule has 5 heteroatoms. The molecule has 0 radical (unpaired) electrons. The number of likely N-dealkylation sites (tertiary alicyclic amines) is 1. The first-order chi connectivity index (χ1) is 16.9. The minimum Gasteiger partial charge on any atom is -0.303 e. The molecule has 0 unspecified atom stereocenters.